The Hall–Kier alpha value is -2.63. The van der Waals surface area contributed by atoms with Gasteiger partial charge >= 0.3 is 11.9 Å². The molecule has 0 unspecified atom stereocenters. The van der Waals surface area contributed by atoms with E-state index in [2.05, 4.69) is 15.5 Å². The van der Waals surface area contributed by atoms with Crippen LogP contribution >= 0.6 is 11.6 Å². The van der Waals surface area contributed by atoms with Crippen LogP contribution in [0.3, 0.4) is 0 Å². The van der Waals surface area contributed by atoms with E-state index in [0.717, 1.165) is 15.6 Å². The molecule has 9 nitrogen and oxygen atoms in total. The van der Waals surface area contributed by atoms with E-state index in [9.17, 15) is 28.1 Å². The minimum atomic E-state index is -4.63. The number of nitrogens with one attached hydrogen (secondary N) is 1. The molecule has 148 valence electrons. The average molecular weight is 409 g/mol. The highest BCUT2D eigenvalue weighted by Crippen LogP contribution is 2.35. The van der Waals surface area contributed by atoms with Crippen molar-refractivity contribution in [1.82, 2.24) is 24.9 Å². The summed E-state index contributed by atoms with van der Waals surface area (Å²) in [7, 11) is 0. The molecule has 0 aromatic carbocycles. The van der Waals surface area contributed by atoms with Gasteiger partial charge in [-0.2, -0.15) is 23.4 Å². The lowest BCUT2D eigenvalue weighted by molar-refractivity contribution is -0.385. The van der Waals surface area contributed by atoms with Crippen molar-refractivity contribution in [3.63, 3.8) is 0 Å². The zero-order chi connectivity index (χ0) is 20.4. The number of aryl methyl sites for hydroxylation is 2. The second-order valence-electron chi connectivity index (χ2n) is 5.73. The maximum absolute atomic E-state index is 12.8. The second-order valence-corrected chi connectivity index (χ2v) is 6.10. The average Bonchev–Trinajstić information content (AvgIpc) is 3.05. The Morgan fingerprint density at radius 2 is 2.04 bits per heavy atom. The summed E-state index contributed by atoms with van der Waals surface area (Å²) in [5, 5.41) is 20.2. The molecule has 0 aliphatic rings. The monoisotopic (exact) mass is 408 g/mol. The fraction of sp³-hybridized carbons (Fsp3) is 0.500. The molecule has 0 saturated carbocycles. The minimum absolute atomic E-state index is 0.133. The summed E-state index contributed by atoms with van der Waals surface area (Å²) >= 11 is 5.66. The van der Waals surface area contributed by atoms with Crippen molar-refractivity contribution in [1.29, 1.82) is 0 Å². The highest BCUT2D eigenvalue weighted by Gasteiger charge is 2.38. The van der Waals surface area contributed by atoms with Gasteiger partial charge in [0.15, 0.2) is 5.69 Å². The number of carbonyl (C=O) groups is 1. The SMILES string of the molecule is Cc1nn(CC(=O)NCCCn2nc(C(F)(F)F)c(Cl)c2C)cc1[N+](=O)[O-]. The first-order chi connectivity index (χ1) is 12.5. The lowest BCUT2D eigenvalue weighted by Crippen LogP contribution is -2.29. The normalized spacial score (nSPS) is 11.6. The van der Waals surface area contributed by atoms with Gasteiger partial charge in [-0.1, -0.05) is 11.6 Å². The molecule has 2 rings (SSSR count). The predicted octanol–water partition coefficient (Wildman–Crippen LogP) is 2.48. The Bertz CT molecular complexity index is 861. The third-order valence-corrected chi connectivity index (χ3v) is 4.15. The van der Waals surface area contributed by atoms with Crippen molar-refractivity contribution < 1.29 is 22.9 Å². The standard InChI is InChI=1S/C14H16ClF3N6O3/c1-8-10(24(26)27)6-22(20-8)7-11(25)19-4-3-5-23-9(2)12(15)13(21-23)14(16,17)18/h6H,3-5,7H2,1-2H3,(H,19,25). The van der Waals surface area contributed by atoms with Crippen molar-refractivity contribution in [2.45, 2.75) is 39.5 Å². The largest absolute Gasteiger partial charge is 0.436 e. The number of rotatable bonds is 7. The smallest absolute Gasteiger partial charge is 0.354 e. The number of amides is 1. The molecule has 2 aromatic rings. The minimum Gasteiger partial charge on any atom is -0.354 e. The molecule has 0 radical (unpaired) electrons. The van der Waals surface area contributed by atoms with Crippen LogP contribution in [-0.2, 0) is 24.1 Å². The van der Waals surface area contributed by atoms with Gasteiger partial charge in [-0.05, 0) is 20.3 Å². The van der Waals surface area contributed by atoms with Crippen molar-refractivity contribution in [2.75, 3.05) is 6.54 Å². The van der Waals surface area contributed by atoms with Gasteiger partial charge in [-0.3, -0.25) is 24.3 Å². The van der Waals surface area contributed by atoms with Crippen LogP contribution in [0.1, 0.15) is 23.5 Å². The van der Waals surface area contributed by atoms with Crippen molar-refractivity contribution in [2.24, 2.45) is 0 Å². The van der Waals surface area contributed by atoms with Crippen LogP contribution in [0.4, 0.5) is 18.9 Å². The van der Waals surface area contributed by atoms with Crippen LogP contribution in [0.2, 0.25) is 5.02 Å². The van der Waals surface area contributed by atoms with E-state index in [1.54, 1.807) is 0 Å². The molecule has 2 aromatic heterocycles. The van der Waals surface area contributed by atoms with Gasteiger partial charge in [0.05, 0.1) is 15.6 Å². The first-order valence-corrected chi connectivity index (χ1v) is 8.13. The van der Waals surface area contributed by atoms with E-state index >= 15 is 0 Å². The lowest BCUT2D eigenvalue weighted by Gasteiger charge is -2.07. The number of carbonyl (C=O) groups excluding carboxylic acids is 1. The molecule has 1 amide bonds. The van der Waals surface area contributed by atoms with Gasteiger partial charge in [0, 0.05) is 13.1 Å². The summed E-state index contributed by atoms with van der Waals surface area (Å²) < 4.78 is 40.6. The zero-order valence-corrected chi connectivity index (χ0v) is 15.1. The fourth-order valence-electron chi connectivity index (χ4n) is 2.35. The van der Waals surface area contributed by atoms with Crippen LogP contribution in [-0.4, -0.2) is 36.9 Å². The lowest BCUT2D eigenvalue weighted by atomic mass is 10.3. The molecule has 0 spiro atoms. The predicted molar refractivity (Wildman–Crippen MR) is 88.2 cm³/mol. The number of halogens is 4. The van der Waals surface area contributed by atoms with Crippen LogP contribution in [0.15, 0.2) is 6.20 Å². The molecule has 2 heterocycles. The summed E-state index contributed by atoms with van der Waals surface area (Å²) in [6.45, 7) is 2.99. The molecule has 0 fully saturated rings. The Labute approximate surface area is 156 Å². The number of hydrogen-bond donors (Lipinski definition) is 1. The summed E-state index contributed by atoms with van der Waals surface area (Å²) in [6.07, 6.45) is -3.16. The van der Waals surface area contributed by atoms with Gasteiger partial charge in [0.1, 0.15) is 18.4 Å². The second kappa shape index (κ2) is 7.94. The third kappa shape index (κ3) is 4.96. The van der Waals surface area contributed by atoms with Gasteiger partial charge in [-0.25, -0.2) is 0 Å². The van der Waals surface area contributed by atoms with E-state index in [0.29, 0.717) is 6.42 Å². The number of alkyl halides is 3. The number of nitrogens with zero attached hydrogens (tertiary/aromatic N) is 5. The van der Waals surface area contributed by atoms with Crippen molar-refractivity contribution in [3.05, 3.63) is 38.4 Å². The highest BCUT2D eigenvalue weighted by molar-refractivity contribution is 6.31. The molecule has 0 bridgehead atoms. The Balaban J connectivity index is 1.84. The maximum atomic E-state index is 12.8. The summed E-state index contributed by atoms with van der Waals surface area (Å²) in [6, 6.07) is 0. The summed E-state index contributed by atoms with van der Waals surface area (Å²) in [4.78, 5) is 22.0. The first kappa shape index (κ1) is 20.7. The molecule has 27 heavy (non-hydrogen) atoms. The van der Waals surface area contributed by atoms with E-state index in [-0.39, 0.29) is 36.7 Å². The van der Waals surface area contributed by atoms with Gasteiger partial charge in [0.25, 0.3) is 0 Å². The number of nitro groups is 1. The van der Waals surface area contributed by atoms with Crippen LogP contribution < -0.4 is 5.32 Å². The number of hydrogen-bond acceptors (Lipinski definition) is 5. The van der Waals surface area contributed by atoms with Crippen molar-refractivity contribution >= 4 is 23.2 Å². The fourth-order valence-corrected chi connectivity index (χ4v) is 2.59. The van der Waals surface area contributed by atoms with Gasteiger partial charge < -0.3 is 5.32 Å². The summed E-state index contributed by atoms with van der Waals surface area (Å²) in [5.41, 5.74) is -0.940. The molecular formula is C14H16ClF3N6O3. The molecule has 1 N–H and O–H groups in total. The molecule has 0 atom stereocenters. The van der Waals surface area contributed by atoms with E-state index in [1.165, 1.54) is 13.8 Å². The maximum Gasteiger partial charge on any atom is 0.436 e. The van der Waals surface area contributed by atoms with Gasteiger partial charge in [0.2, 0.25) is 5.91 Å². The molecule has 0 saturated heterocycles. The molecule has 0 aliphatic heterocycles. The molecule has 13 heteroatoms. The summed E-state index contributed by atoms with van der Waals surface area (Å²) in [5.74, 6) is -0.432. The van der Waals surface area contributed by atoms with Gasteiger partial charge in [-0.15, -0.1) is 0 Å². The molecule has 0 aliphatic carbocycles. The highest BCUT2D eigenvalue weighted by atomic mass is 35.5. The van der Waals surface area contributed by atoms with E-state index in [4.69, 9.17) is 11.6 Å². The Morgan fingerprint density at radius 1 is 1.37 bits per heavy atom. The van der Waals surface area contributed by atoms with Crippen molar-refractivity contribution in [3.8, 4) is 0 Å². The quantitative estimate of drug-likeness (QED) is 0.430. The Kier molecular flexibility index (Phi) is 6.08. The third-order valence-electron chi connectivity index (χ3n) is 3.69. The van der Waals surface area contributed by atoms with Crippen LogP contribution in [0, 0.1) is 24.0 Å². The topological polar surface area (TPSA) is 108 Å². The number of aromatic nitrogens is 4. The van der Waals surface area contributed by atoms with E-state index < -0.39 is 27.7 Å². The first-order valence-electron chi connectivity index (χ1n) is 7.76. The van der Waals surface area contributed by atoms with Crippen LogP contribution in [0.5, 0.6) is 0 Å². The van der Waals surface area contributed by atoms with Crippen LogP contribution in [0.25, 0.3) is 0 Å². The molecular weight excluding hydrogens is 393 g/mol. The van der Waals surface area contributed by atoms with E-state index in [1.807, 2.05) is 0 Å². The zero-order valence-electron chi connectivity index (χ0n) is 14.4. The Morgan fingerprint density at radius 3 is 2.56 bits per heavy atom.